The summed E-state index contributed by atoms with van der Waals surface area (Å²) in [5, 5.41) is 4.14. The molecule has 0 bridgehead atoms. The molecule has 0 aromatic carbocycles. The van der Waals surface area contributed by atoms with E-state index < -0.39 is 9.84 Å². The summed E-state index contributed by atoms with van der Waals surface area (Å²) in [6, 6.07) is 3.97. The van der Waals surface area contributed by atoms with Gasteiger partial charge in [-0.2, -0.15) is 4.98 Å². The van der Waals surface area contributed by atoms with Gasteiger partial charge in [-0.25, -0.2) is 13.4 Å². The minimum atomic E-state index is -2.86. The number of nitrogens with zero attached hydrogens (tertiary/aromatic N) is 4. The number of aryl methyl sites for hydroxylation is 1. The maximum absolute atomic E-state index is 11.7. The molecule has 1 unspecified atom stereocenters. The fourth-order valence-electron chi connectivity index (χ4n) is 3.93. The molecule has 0 amide bonds. The molecule has 1 saturated carbocycles. The highest BCUT2D eigenvalue weighted by Crippen LogP contribution is 2.64. The van der Waals surface area contributed by atoms with Crippen molar-refractivity contribution in [3.63, 3.8) is 0 Å². The van der Waals surface area contributed by atoms with Crippen molar-refractivity contribution >= 4 is 15.5 Å². The van der Waals surface area contributed by atoms with E-state index in [0.717, 1.165) is 23.3 Å². The van der Waals surface area contributed by atoms with Crippen LogP contribution in [0.5, 0.6) is 0 Å². The topological polar surface area (TPSA) is 90.4 Å². The minimum Gasteiger partial charge on any atom is -0.339 e. The third-order valence-corrected chi connectivity index (χ3v) is 7.29. The predicted molar refractivity (Wildman–Crippen MR) is 90.9 cm³/mol. The van der Waals surface area contributed by atoms with Gasteiger partial charge in [-0.3, -0.25) is 4.40 Å². The zero-order chi connectivity index (χ0) is 17.2. The van der Waals surface area contributed by atoms with Gasteiger partial charge in [-0.15, -0.1) is 0 Å². The molecule has 2 aliphatic rings. The van der Waals surface area contributed by atoms with Crippen LogP contribution >= 0.6 is 0 Å². The third kappa shape index (κ3) is 2.38. The van der Waals surface area contributed by atoms with Crippen LogP contribution in [-0.2, 0) is 9.84 Å². The third-order valence-electron chi connectivity index (χ3n) is 5.63. The Morgan fingerprint density at radius 1 is 1.28 bits per heavy atom. The molecule has 3 aromatic heterocycles. The van der Waals surface area contributed by atoms with Crippen molar-refractivity contribution in [2.75, 3.05) is 11.5 Å². The van der Waals surface area contributed by atoms with Crippen LogP contribution in [0.1, 0.15) is 36.6 Å². The average molecular weight is 358 g/mol. The molecule has 0 N–H and O–H groups in total. The summed E-state index contributed by atoms with van der Waals surface area (Å²) in [6.45, 7) is 2.02. The molecule has 1 saturated heterocycles. The fraction of sp³-hybridized carbons (Fsp3) is 0.471. The Balaban J connectivity index is 1.44. The van der Waals surface area contributed by atoms with Crippen molar-refractivity contribution in [3.05, 3.63) is 36.0 Å². The van der Waals surface area contributed by atoms with Crippen molar-refractivity contribution < 1.29 is 12.9 Å². The molecule has 5 rings (SSSR count). The summed E-state index contributed by atoms with van der Waals surface area (Å²) in [5.74, 6) is 1.88. The molecule has 7 nitrogen and oxygen atoms in total. The van der Waals surface area contributed by atoms with Gasteiger partial charge in [0.05, 0.1) is 17.7 Å². The molecular formula is C17H18N4O3S. The fourth-order valence-corrected chi connectivity index (χ4v) is 5.57. The molecule has 3 aromatic rings. The standard InChI is InChI=1S/C17H18N4O3S/c1-11-2-3-14-18-9-13(21(14)10-11)15-19-16(24-20-15)12-8-17(12)4-6-25(22,23)7-5-17/h2-3,9-10,12H,4-8H2,1H3. The summed E-state index contributed by atoms with van der Waals surface area (Å²) >= 11 is 0. The lowest BCUT2D eigenvalue weighted by Crippen LogP contribution is -2.25. The van der Waals surface area contributed by atoms with Gasteiger partial charge in [-0.05, 0) is 43.2 Å². The summed E-state index contributed by atoms with van der Waals surface area (Å²) < 4.78 is 30.8. The lowest BCUT2D eigenvalue weighted by atomic mass is 9.96. The van der Waals surface area contributed by atoms with Gasteiger partial charge in [0.2, 0.25) is 11.7 Å². The van der Waals surface area contributed by atoms with E-state index in [2.05, 4.69) is 15.1 Å². The summed E-state index contributed by atoms with van der Waals surface area (Å²) in [4.78, 5) is 8.97. The quantitative estimate of drug-likeness (QED) is 0.698. The molecule has 1 aliphatic heterocycles. The van der Waals surface area contributed by atoms with Gasteiger partial charge in [-0.1, -0.05) is 11.2 Å². The van der Waals surface area contributed by atoms with Crippen LogP contribution in [0.3, 0.4) is 0 Å². The molecular weight excluding hydrogens is 340 g/mol. The first-order valence-corrected chi connectivity index (χ1v) is 10.3. The van der Waals surface area contributed by atoms with Crippen molar-refractivity contribution in [2.24, 2.45) is 5.41 Å². The van der Waals surface area contributed by atoms with Crippen LogP contribution in [0, 0.1) is 12.3 Å². The number of pyridine rings is 1. The summed E-state index contributed by atoms with van der Waals surface area (Å²) in [5.41, 5.74) is 2.81. The van der Waals surface area contributed by atoms with E-state index >= 15 is 0 Å². The van der Waals surface area contributed by atoms with Gasteiger partial charge in [0.1, 0.15) is 21.2 Å². The van der Waals surface area contributed by atoms with Gasteiger partial charge < -0.3 is 4.52 Å². The lowest BCUT2D eigenvalue weighted by Gasteiger charge is -2.21. The second-order valence-electron chi connectivity index (χ2n) is 7.31. The zero-order valence-electron chi connectivity index (χ0n) is 13.8. The van der Waals surface area contributed by atoms with Crippen molar-refractivity contribution in [3.8, 4) is 11.5 Å². The van der Waals surface area contributed by atoms with E-state index in [1.165, 1.54) is 0 Å². The molecule has 1 atom stereocenters. The second kappa shape index (κ2) is 4.91. The highest BCUT2D eigenvalue weighted by molar-refractivity contribution is 7.91. The largest absolute Gasteiger partial charge is 0.339 e. The Kier molecular flexibility index (Phi) is 2.96. The lowest BCUT2D eigenvalue weighted by molar-refractivity contribution is 0.348. The molecule has 2 fully saturated rings. The molecule has 8 heteroatoms. The van der Waals surface area contributed by atoms with Gasteiger partial charge in [0, 0.05) is 12.1 Å². The Morgan fingerprint density at radius 3 is 2.88 bits per heavy atom. The number of fused-ring (bicyclic) bond motifs is 1. The number of sulfone groups is 1. The predicted octanol–water partition coefficient (Wildman–Crippen LogP) is 2.38. The smallest absolute Gasteiger partial charge is 0.230 e. The Morgan fingerprint density at radius 2 is 2.08 bits per heavy atom. The summed E-state index contributed by atoms with van der Waals surface area (Å²) in [6.07, 6.45) is 6.09. The van der Waals surface area contributed by atoms with Crippen LogP contribution in [0.4, 0.5) is 0 Å². The van der Waals surface area contributed by atoms with Crippen molar-refractivity contribution in [1.29, 1.82) is 0 Å². The number of aromatic nitrogens is 4. The second-order valence-corrected chi connectivity index (χ2v) is 9.61. The van der Waals surface area contributed by atoms with E-state index in [0.29, 0.717) is 24.6 Å². The molecule has 4 heterocycles. The van der Waals surface area contributed by atoms with Gasteiger partial charge >= 0.3 is 0 Å². The van der Waals surface area contributed by atoms with Crippen molar-refractivity contribution in [1.82, 2.24) is 19.5 Å². The van der Waals surface area contributed by atoms with Gasteiger partial charge in [0.15, 0.2) is 0 Å². The molecule has 1 aliphatic carbocycles. The SMILES string of the molecule is Cc1ccc2ncc(-c3noc(C4CC45CCS(=O)(=O)CC5)n3)n2c1. The Bertz CT molecular complexity index is 1070. The first kappa shape index (κ1) is 15.1. The number of hydrogen-bond donors (Lipinski definition) is 0. The maximum atomic E-state index is 11.7. The van der Waals surface area contributed by atoms with Crippen LogP contribution in [-0.4, -0.2) is 39.4 Å². The molecule has 1 spiro atoms. The number of imidazole rings is 1. The maximum Gasteiger partial charge on any atom is 0.230 e. The molecule has 130 valence electrons. The average Bonchev–Trinajstić information content (AvgIpc) is 2.93. The first-order valence-electron chi connectivity index (χ1n) is 8.44. The minimum absolute atomic E-state index is 0.0468. The van der Waals surface area contributed by atoms with E-state index in [1.54, 1.807) is 6.20 Å². The Labute approximate surface area is 145 Å². The van der Waals surface area contributed by atoms with Gasteiger partial charge in [0.25, 0.3) is 0 Å². The van der Waals surface area contributed by atoms with Crippen LogP contribution in [0.25, 0.3) is 17.2 Å². The van der Waals surface area contributed by atoms with E-state index in [4.69, 9.17) is 4.52 Å². The first-order chi connectivity index (χ1) is 12.0. The highest BCUT2D eigenvalue weighted by Gasteiger charge is 2.59. The summed E-state index contributed by atoms with van der Waals surface area (Å²) in [7, 11) is -2.86. The zero-order valence-corrected chi connectivity index (χ0v) is 14.7. The van der Waals surface area contributed by atoms with Crippen LogP contribution < -0.4 is 0 Å². The number of hydrogen-bond acceptors (Lipinski definition) is 6. The van der Waals surface area contributed by atoms with Crippen LogP contribution in [0.2, 0.25) is 0 Å². The monoisotopic (exact) mass is 358 g/mol. The van der Waals surface area contributed by atoms with Crippen molar-refractivity contribution in [2.45, 2.75) is 32.1 Å². The van der Waals surface area contributed by atoms with E-state index in [9.17, 15) is 8.42 Å². The highest BCUT2D eigenvalue weighted by atomic mass is 32.2. The van der Waals surface area contributed by atoms with Crippen LogP contribution in [0.15, 0.2) is 29.0 Å². The normalized spacial score (nSPS) is 24.0. The molecule has 0 radical (unpaired) electrons. The van der Waals surface area contributed by atoms with E-state index in [1.807, 2.05) is 29.7 Å². The molecule has 25 heavy (non-hydrogen) atoms. The van der Waals surface area contributed by atoms with E-state index in [-0.39, 0.29) is 22.8 Å². The number of rotatable bonds is 2. The Hall–Kier alpha value is -2.22.